The highest BCUT2D eigenvalue weighted by atomic mass is 16.3. The van der Waals surface area contributed by atoms with Gasteiger partial charge in [-0.05, 0) is 64.5 Å². The molecule has 0 aliphatic heterocycles. The van der Waals surface area contributed by atoms with Gasteiger partial charge >= 0.3 is 6.03 Å². The molecule has 3 aromatic rings. The van der Waals surface area contributed by atoms with Gasteiger partial charge in [0, 0.05) is 18.0 Å². The molecule has 0 aliphatic carbocycles. The van der Waals surface area contributed by atoms with E-state index in [0.29, 0.717) is 25.0 Å². The van der Waals surface area contributed by atoms with Gasteiger partial charge in [0.05, 0.1) is 6.54 Å². The van der Waals surface area contributed by atoms with Crippen LogP contribution in [-0.4, -0.2) is 17.7 Å². The summed E-state index contributed by atoms with van der Waals surface area (Å²) in [6.45, 7) is 14.1. The van der Waals surface area contributed by atoms with Gasteiger partial charge in [0.1, 0.15) is 0 Å². The molecule has 0 radical (unpaired) electrons. The molecule has 0 aliphatic rings. The lowest BCUT2D eigenvalue weighted by Crippen LogP contribution is -2.35. The second-order valence-corrected chi connectivity index (χ2v) is 12.6. The summed E-state index contributed by atoms with van der Waals surface area (Å²) in [6, 6.07) is 25.0. The quantitative estimate of drug-likeness (QED) is 0.183. The van der Waals surface area contributed by atoms with Crippen LogP contribution in [0.25, 0.3) is 0 Å². The highest BCUT2D eigenvalue weighted by Crippen LogP contribution is 2.34. The molecular weight excluding hydrogens is 504 g/mol. The molecule has 0 spiro atoms. The van der Waals surface area contributed by atoms with Crippen molar-refractivity contribution in [3.05, 3.63) is 95.1 Å². The number of urea groups is 1. The fourth-order valence-electron chi connectivity index (χ4n) is 5.54. The van der Waals surface area contributed by atoms with E-state index in [1.54, 1.807) is 0 Å². The number of nitrogens with zero attached hydrogens (tertiary/aromatic N) is 1. The summed E-state index contributed by atoms with van der Waals surface area (Å²) < 4.78 is 0. The van der Waals surface area contributed by atoms with E-state index in [9.17, 15) is 4.79 Å². The van der Waals surface area contributed by atoms with Gasteiger partial charge in [0.2, 0.25) is 0 Å². The van der Waals surface area contributed by atoms with Crippen molar-refractivity contribution >= 4 is 17.4 Å². The average molecular weight is 557 g/mol. The molecule has 4 heteroatoms. The Hall–Kier alpha value is -3.11. The van der Waals surface area contributed by atoms with Gasteiger partial charge in [-0.2, -0.15) is 0 Å². The summed E-state index contributed by atoms with van der Waals surface area (Å²) in [5.74, 6) is 0.599. The summed E-state index contributed by atoms with van der Waals surface area (Å²) in [5, 5.41) is 12.3. The Balaban J connectivity index is 1.81. The van der Waals surface area contributed by atoms with Crippen LogP contribution in [0.1, 0.15) is 121 Å². The second-order valence-electron chi connectivity index (χ2n) is 12.6. The van der Waals surface area contributed by atoms with Crippen LogP contribution < -0.4 is 10.2 Å². The Morgan fingerprint density at radius 3 is 1.88 bits per heavy atom. The molecule has 0 unspecified atom stereocenters. The normalized spacial score (nSPS) is 11.7. The summed E-state index contributed by atoms with van der Waals surface area (Å²) in [6.07, 6.45) is 8.03. The summed E-state index contributed by atoms with van der Waals surface area (Å²) in [5.41, 5.74) is 6.61. The molecule has 0 fully saturated rings. The van der Waals surface area contributed by atoms with Gasteiger partial charge in [-0.1, -0.05) is 134 Å². The molecule has 4 nitrogen and oxygen atoms in total. The number of aliphatic hydroxyl groups is 1. The average Bonchev–Trinajstić information content (AvgIpc) is 2.96. The minimum Gasteiger partial charge on any atom is -0.396 e. The number of para-hydroxylation sites is 1. The van der Waals surface area contributed by atoms with Crippen molar-refractivity contribution in [2.45, 2.75) is 110 Å². The van der Waals surface area contributed by atoms with Crippen LogP contribution in [0.4, 0.5) is 16.2 Å². The Morgan fingerprint density at radius 2 is 1.32 bits per heavy atom. The van der Waals surface area contributed by atoms with Crippen molar-refractivity contribution in [1.82, 2.24) is 0 Å². The first kappa shape index (κ1) is 32.4. The summed E-state index contributed by atoms with van der Waals surface area (Å²) in [4.78, 5) is 15.9. The van der Waals surface area contributed by atoms with Gasteiger partial charge in [-0.3, -0.25) is 4.90 Å². The number of rotatable bonds is 15. The van der Waals surface area contributed by atoms with Crippen LogP contribution in [0.15, 0.2) is 72.8 Å². The Kier molecular flexibility index (Phi) is 12.5. The maximum atomic E-state index is 14.0. The fourth-order valence-corrected chi connectivity index (χ4v) is 5.54. The van der Waals surface area contributed by atoms with Gasteiger partial charge in [0.15, 0.2) is 0 Å². The van der Waals surface area contributed by atoms with Crippen LogP contribution in [0.5, 0.6) is 0 Å². The van der Waals surface area contributed by atoms with E-state index >= 15 is 0 Å². The van der Waals surface area contributed by atoms with Gasteiger partial charge < -0.3 is 10.4 Å². The molecule has 41 heavy (non-hydrogen) atoms. The zero-order valence-electron chi connectivity index (χ0n) is 26.2. The minimum absolute atomic E-state index is 0.0680. The lowest BCUT2D eigenvalue weighted by atomic mass is 9.80. The van der Waals surface area contributed by atoms with Crippen molar-refractivity contribution in [2.75, 3.05) is 16.8 Å². The van der Waals surface area contributed by atoms with Gasteiger partial charge in [0.25, 0.3) is 0 Å². The molecule has 0 saturated carbocycles. The Labute approximate surface area is 249 Å². The first-order valence-corrected chi connectivity index (χ1v) is 15.6. The number of unbranched alkanes of at least 4 members (excludes halogenated alkanes) is 5. The standard InChI is InChI=1S/C37H52N2O2/c1-28(2)33-19-16-20-34(29(3)4)35(33)38-36(41)39(27-30-17-12-11-13-18-30)32-23-21-31(22-24-32)37(5,6)25-14-9-7-8-10-15-26-40/h11-13,16-24,28-29,40H,7-10,14-15,25-27H2,1-6H3,(H,38,41). The minimum atomic E-state index is -0.114. The number of anilines is 2. The number of aliphatic hydroxyl groups excluding tert-OH is 1. The summed E-state index contributed by atoms with van der Waals surface area (Å²) >= 11 is 0. The maximum Gasteiger partial charge on any atom is 0.326 e. The third-order valence-corrected chi connectivity index (χ3v) is 8.20. The first-order chi connectivity index (χ1) is 19.6. The van der Waals surface area contributed by atoms with E-state index in [1.807, 2.05) is 23.1 Å². The third kappa shape index (κ3) is 9.46. The molecule has 0 saturated heterocycles. The van der Waals surface area contributed by atoms with Crippen molar-refractivity contribution in [2.24, 2.45) is 0 Å². The highest BCUT2D eigenvalue weighted by Gasteiger charge is 2.23. The van der Waals surface area contributed by atoms with Crippen molar-refractivity contribution in [3.8, 4) is 0 Å². The number of amides is 2. The topological polar surface area (TPSA) is 52.6 Å². The molecule has 2 amide bonds. The summed E-state index contributed by atoms with van der Waals surface area (Å²) in [7, 11) is 0. The van der Waals surface area contributed by atoms with Crippen molar-refractivity contribution in [3.63, 3.8) is 0 Å². The van der Waals surface area contributed by atoms with E-state index in [1.165, 1.54) is 31.2 Å². The van der Waals surface area contributed by atoms with Gasteiger partial charge in [-0.25, -0.2) is 4.79 Å². The smallest absolute Gasteiger partial charge is 0.326 e. The Morgan fingerprint density at radius 1 is 0.756 bits per heavy atom. The first-order valence-electron chi connectivity index (χ1n) is 15.6. The molecule has 0 bridgehead atoms. The number of nitrogens with one attached hydrogen (secondary N) is 1. The van der Waals surface area contributed by atoms with E-state index < -0.39 is 0 Å². The lowest BCUT2D eigenvalue weighted by Gasteiger charge is -2.28. The number of hydrogen-bond acceptors (Lipinski definition) is 2. The number of hydrogen-bond donors (Lipinski definition) is 2. The highest BCUT2D eigenvalue weighted by molar-refractivity contribution is 6.02. The fraction of sp³-hybridized carbons (Fsp3) is 0.486. The SMILES string of the molecule is CC(C)c1cccc(C(C)C)c1NC(=O)N(Cc1ccccc1)c1ccc(C(C)(C)CCCCCCCCO)cc1. The molecule has 0 heterocycles. The monoisotopic (exact) mass is 556 g/mol. The van der Waals surface area contributed by atoms with Crippen LogP contribution >= 0.6 is 0 Å². The second kappa shape index (κ2) is 15.8. The van der Waals surface area contributed by atoms with Crippen molar-refractivity contribution in [1.29, 1.82) is 0 Å². The molecule has 2 N–H and O–H groups in total. The van der Waals surface area contributed by atoms with E-state index in [0.717, 1.165) is 47.3 Å². The van der Waals surface area contributed by atoms with Crippen LogP contribution in [0.3, 0.4) is 0 Å². The largest absolute Gasteiger partial charge is 0.396 e. The van der Waals surface area contributed by atoms with E-state index in [-0.39, 0.29) is 11.4 Å². The molecular formula is C37H52N2O2. The number of carbonyl (C=O) groups excluding carboxylic acids is 1. The predicted molar refractivity (Wildman–Crippen MR) is 175 cm³/mol. The predicted octanol–water partition coefficient (Wildman–Crippen LogP) is 10.2. The molecule has 0 atom stereocenters. The molecule has 0 aromatic heterocycles. The zero-order valence-corrected chi connectivity index (χ0v) is 26.2. The van der Waals surface area contributed by atoms with E-state index in [4.69, 9.17) is 5.11 Å². The zero-order chi connectivity index (χ0) is 29.8. The Bertz CT molecular complexity index is 1170. The third-order valence-electron chi connectivity index (χ3n) is 8.20. The molecule has 3 rings (SSSR count). The van der Waals surface area contributed by atoms with Crippen LogP contribution in [0, 0.1) is 0 Å². The molecule has 3 aromatic carbocycles. The van der Waals surface area contributed by atoms with E-state index in [2.05, 4.69) is 101 Å². The van der Waals surface area contributed by atoms with Crippen LogP contribution in [0.2, 0.25) is 0 Å². The van der Waals surface area contributed by atoms with Crippen molar-refractivity contribution < 1.29 is 9.90 Å². The molecule has 222 valence electrons. The van der Waals surface area contributed by atoms with Gasteiger partial charge in [-0.15, -0.1) is 0 Å². The van der Waals surface area contributed by atoms with Crippen LogP contribution in [-0.2, 0) is 12.0 Å². The lowest BCUT2D eigenvalue weighted by molar-refractivity contribution is 0.256. The maximum absolute atomic E-state index is 14.0. The number of benzene rings is 3. The number of carbonyl (C=O) groups is 1.